The smallest absolute Gasteiger partial charge is 0.822 e. The van der Waals surface area contributed by atoms with Crippen LogP contribution in [0.15, 0.2) is 0 Å². The van der Waals surface area contributed by atoms with Crippen molar-refractivity contribution in [1.29, 1.82) is 0 Å². The molecule has 168 valence electrons. The van der Waals surface area contributed by atoms with Crippen molar-refractivity contribution in [2.75, 3.05) is 0 Å². The van der Waals surface area contributed by atoms with E-state index in [0.717, 1.165) is 0 Å². The van der Waals surface area contributed by atoms with Crippen LogP contribution in [0.4, 0.5) is 17.6 Å². The van der Waals surface area contributed by atoms with Crippen LogP contribution in [0, 0.1) is 0 Å². The molecule has 0 amide bonds. The van der Waals surface area contributed by atoms with Gasteiger partial charge in [0.2, 0.25) is 0 Å². The number of aliphatic carboxylic acids is 4. The van der Waals surface area contributed by atoms with E-state index in [1.54, 1.807) is 0 Å². The van der Waals surface area contributed by atoms with Crippen LogP contribution >= 0.6 is 7.82 Å². The van der Waals surface area contributed by atoms with Crippen molar-refractivity contribution in [3.8, 4) is 0 Å². The van der Waals surface area contributed by atoms with Crippen molar-refractivity contribution in [2.24, 2.45) is 0 Å². The molecule has 0 fully saturated rings. The molecule has 0 spiro atoms. The van der Waals surface area contributed by atoms with Gasteiger partial charge in [0.05, 0.1) is 0 Å². The second-order valence-corrected chi connectivity index (χ2v) is 3.66. The number of halogens is 4. The fourth-order valence-corrected chi connectivity index (χ4v) is 0. The Morgan fingerprint density at radius 1 is 0.469 bits per heavy atom. The predicted molar refractivity (Wildman–Crippen MR) is 62.6 cm³/mol. The molecule has 0 radical (unpaired) electrons. The second-order valence-electron chi connectivity index (χ2n) is 2.76. The zero-order valence-electron chi connectivity index (χ0n) is 15.6. The van der Waals surface area contributed by atoms with Gasteiger partial charge in [-0.05, 0) is 0 Å². The van der Waals surface area contributed by atoms with E-state index < -0.39 is 55.8 Å². The zero-order valence-corrected chi connectivity index (χ0v) is 16.5. The van der Waals surface area contributed by atoms with Crippen molar-refractivity contribution in [1.82, 2.24) is 0 Å². The zero-order chi connectivity index (χ0) is 25.1. The van der Waals surface area contributed by atoms with Crippen molar-refractivity contribution in [2.45, 2.75) is 0 Å². The van der Waals surface area contributed by atoms with Crippen molar-refractivity contribution < 1.29 is 152 Å². The standard InChI is InChI=1S/4C2HFO3.3Li.H3O4P/c4*3-1(4)2(5)6;;;;1-5(2,3)4/h4*(H,5,6);;;;(H3,1,2,3,4)/q;;;;3*+1;/p-3. The monoisotopic (exact) mass is 484 g/mol. The van der Waals surface area contributed by atoms with Crippen LogP contribution < -0.4 is 71.3 Å². The summed E-state index contributed by atoms with van der Waals surface area (Å²) in [5.74, 6) is -8.19. The average molecular weight is 484 g/mol. The Morgan fingerprint density at radius 2 is 0.500 bits per heavy atom. The summed E-state index contributed by atoms with van der Waals surface area (Å²) >= 11 is 0. The predicted octanol–water partition coefficient (Wildman–Crippen LogP) is -13.5. The first-order chi connectivity index (χ1) is 12.6. The third kappa shape index (κ3) is 104. The van der Waals surface area contributed by atoms with E-state index >= 15 is 0 Å². The molecule has 0 unspecified atom stereocenters. The molecule has 0 saturated heterocycles. The van der Waals surface area contributed by atoms with Crippen LogP contribution in [-0.2, 0) is 42.9 Å². The number of carboxylic acids is 4. The number of hydrogen-bond acceptors (Lipinski definition) is 12. The number of carbonyl (C=O) groups excluding carboxylic acids is 4. The molecule has 0 aromatic rings. The summed E-state index contributed by atoms with van der Waals surface area (Å²) in [5, 5.41) is 29.1. The molecule has 32 heavy (non-hydrogen) atoms. The van der Waals surface area contributed by atoms with Gasteiger partial charge in [-0.3, -0.25) is 0 Å². The van der Waals surface area contributed by atoms with Crippen LogP contribution in [0.2, 0.25) is 0 Å². The van der Waals surface area contributed by atoms with Gasteiger partial charge in [-0.25, -0.2) is 38.4 Å². The molecule has 0 heterocycles. The largest absolute Gasteiger partial charge is 1.00 e. The van der Waals surface area contributed by atoms with Gasteiger partial charge < -0.3 is 39.7 Å². The Kier molecular flexibility index (Phi) is 47.6. The molecule has 0 aliphatic rings. The van der Waals surface area contributed by atoms with Gasteiger partial charge in [0.25, 0.3) is 0 Å². The minimum Gasteiger partial charge on any atom is -0.822 e. The van der Waals surface area contributed by atoms with Crippen LogP contribution in [0.3, 0.4) is 0 Å². The third-order valence-electron chi connectivity index (χ3n) is 0.673. The van der Waals surface area contributed by atoms with E-state index in [-0.39, 0.29) is 56.6 Å². The van der Waals surface area contributed by atoms with E-state index in [1.807, 2.05) is 0 Å². The summed E-state index contributed by atoms with van der Waals surface area (Å²) < 4.78 is 50.9. The summed E-state index contributed by atoms with van der Waals surface area (Å²) in [6.45, 7) is 0. The molecule has 0 aromatic heterocycles. The van der Waals surface area contributed by atoms with Gasteiger partial charge >= 0.3 is 105 Å². The van der Waals surface area contributed by atoms with Crippen LogP contribution in [0.5, 0.6) is 0 Å². The van der Waals surface area contributed by atoms with Crippen molar-refractivity contribution in [3.05, 3.63) is 0 Å². The van der Waals surface area contributed by atoms with E-state index in [1.165, 1.54) is 0 Å². The molecule has 0 aliphatic carbocycles. The number of carbonyl (C=O) groups is 8. The maximum absolute atomic E-state index is 10.6. The number of hydrogen-bond donors (Lipinski definition) is 4. The van der Waals surface area contributed by atoms with E-state index in [0.29, 0.717) is 0 Å². The first-order valence-corrected chi connectivity index (χ1v) is 6.47. The summed E-state index contributed by atoms with van der Waals surface area (Å²) in [4.78, 5) is 97.1. The molecule has 0 aliphatic heterocycles. The van der Waals surface area contributed by atoms with Gasteiger partial charge in [-0.15, -0.1) is 0 Å². The Labute approximate surface area is 207 Å². The van der Waals surface area contributed by atoms with Crippen LogP contribution in [0.1, 0.15) is 0 Å². The Hall–Kier alpha value is -1.82. The van der Waals surface area contributed by atoms with Crippen LogP contribution in [0.25, 0.3) is 0 Å². The fourth-order valence-electron chi connectivity index (χ4n) is 0. The van der Waals surface area contributed by atoms with E-state index in [4.69, 9.17) is 78.0 Å². The SMILES string of the molecule is O=C(O)C(=O)F.O=C(O)C(=O)F.O=C(O)C(=O)F.O=C(O)C(=O)F.O=P([O-])([O-])[O-].[Li+].[Li+].[Li+]. The first-order valence-electron chi connectivity index (χ1n) is 5.01. The van der Waals surface area contributed by atoms with E-state index in [9.17, 15) is 17.6 Å². The molecule has 4 N–H and O–H groups in total. The van der Waals surface area contributed by atoms with Gasteiger partial charge in [0, 0.05) is 0 Å². The summed E-state index contributed by atoms with van der Waals surface area (Å²) in [7, 11) is -5.39. The summed E-state index contributed by atoms with van der Waals surface area (Å²) in [6.07, 6.45) is 0. The number of phosphoric acid groups is 1. The molecule has 16 nitrogen and oxygen atoms in total. The topological polar surface area (TPSA) is 304 Å². The average Bonchev–Trinajstić information content (AvgIpc) is 2.46. The molecule has 0 saturated carbocycles. The van der Waals surface area contributed by atoms with Crippen LogP contribution in [-0.4, -0.2) is 68.5 Å². The molecule has 0 atom stereocenters. The molecular formula is C8H4F4Li3O16P. The maximum atomic E-state index is 10.6. The number of carboxylic acid groups (broad SMARTS) is 4. The summed E-state index contributed by atoms with van der Waals surface area (Å²) in [6, 6.07) is -9.30. The Bertz CT molecular complexity index is 543. The molecule has 0 aromatic carbocycles. The number of rotatable bonds is 4. The maximum Gasteiger partial charge on any atom is 1.00 e. The first kappa shape index (κ1) is 52.2. The minimum atomic E-state index is -5.39. The van der Waals surface area contributed by atoms with Crippen molar-refractivity contribution >= 4 is 55.8 Å². The fraction of sp³-hybridized carbons (Fsp3) is 0. The van der Waals surface area contributed by atoms with E-state index in [2.05, 4.69) is 0 Å². The quantitative estimate of drug-likeness (QED) is 0.0946. The Balaban J connectivity index is -0.0000000367. The normalized spacial score (nSPS) is 7.47. The Morgan fingerprint density at radius 3 is 0.500 bits per heavy atom. The summed E-state index contributed by atoms with van der Waals surface area (Å²) in [5.41, 5.74) is 0. The molecule has 0 rings (SSSR count). The van der Waals surface area contributed by atoms with Gasteiger partial charge in [0.1, 0.15) is 0 Å². The van der Waals surface area contributed by atoms with Gasteiger partial charge in [0.15, 0.2) is 0 Å². The minimum absolute atomic E-state index is 0. The molecular weight excluding hydrogens is 480 g/mol. The van der Waals surface area contributed by atoms with Gasteiger partial charge in [-0.1, -0.05) is 0 Å². The second kappa shape index (κ2) is 29.2. The third-order valence-corrected chi connectivity index (χ3v) is 0.673. The van der Waals surface area contributed by atoms with Gasteiger partial charge in [-0.2, -0.15) is 25.4 Å². The molecule has 24 heteroatoms. The molecule has 0 bridgehead atoms. The van der Waals surface area contributed by atoms with Crippen molar-refractivity contribution in [3.63, 3.8) is 0 Å².